The van der Waals surface area contributed by atoms with Crippen LogP contribution < -0.4 is 15.4 Å². The molecule has 0 radical (unpaired) electrons. The summed E-state index contributed by atoms with van der Waals surface area (Å²) in [5, 5.41) is 16.1. The first kappa shape index (κ1) is 18.8. The topological polar surface area (TPSA) is 93.5 Å². The van der Waals surface area contributed by atoms with Crippen LogP contribution in [0.25, 0.3) is 0 Å². The lowest BCUT2D eigenvalue weighted by Gasteiger charge is -2.12. The highest BCUT2D eigenvalue weighted by Gasteiger charge is 2.11. The van der Waals surface area contributed by atoms with Gasteiger partial charge in [0.25, 0.3) is 11.6 Å². The van der Waals surface area contributed by atoms with Gasteiger partial charge in [-0.25, -0.2) is 0 Å². The number of rotatable bonds is 5. The smallest absolute Gasteiger partial charge is 0.271 e. The lowest BCUT2D eigenvalue weighted by atomic mass is 10.2. The second-order valence-corrected chi connectivity index (χ2v) is 6.33. The van der Waals surface area contributed by atoms with Crippen LogP contribution in [0, 0.1) is 17.0 Å². The van der Waals surface area contributed by atoms with Crippen LogP contribution in [0.3, 0.4) is 0 Å². The number of nitro groups is 1. The molecule has 0 aromatic heterocycles. The standard InChI is InChI=1S/C16H14BrN3O4S/c1-10-2-5-12(20(22)23)8-14(10)18-16(25)19-15(21)9-24-13-6-3-11(17)4-7-13/h2-8H,9H2,1H3,(H2,18,19,21,25). The van der Waals surface area contributed by atoms with Crippen LogP contribution in [0.5, 0.6) is 5.75 Å². The lowest BCUT2D eigenvalue weighted by molar-refractivity contribution is -0.384. The fourth-order valence-electron chi connectivity index (χ4n) is 1.85. The molecule has 1 amide bonds. The summed E-state index contributed by atoms with van der Waals surface area (Å²) in [5.74, 6) is 0.107. The summed E-state index contributed by atoms with van der Waals surface area (Å²) in [6.07, 6.45) is 0. The Morgan fingerprint density at radius 3 is 2.60 bits per heavy atom. The molecular formula is C16H14BrN3O4S. The third-order valence-corrected chi connectivity index (χ3v) is 3.85. The van der Waals surface area contributed by atoms with Crippen LogP contribution in [0.1, 0.15) is 5.56 Å². The molecule has 0 unspecified atom stereocenters. The van der Waals surface area contributed by atoms with E-state index in [-0.39, 0.29) is 17.4 Å². The van der Waals surface area contributed by atoms with Crippen LogP contribution >= 0.6 is 28.1 Å². The number of ether oxygens (including phenoxy) is 1. The van der Waals surface area contributed by atoms with Gasteiger partial charge in [0.2, 0.25) is 0 Å². The van der Waals surface area contributed by atoms with Gasteiger partial charge in [-0.3, -0.25) is 20.2 Å². The SMILES string of the molecule is Cc1ccc([N+](=O)[O-])cc1NC(=S)NC(=O)COc1ccc(Br)cc1. The molecule has 0 bridgehead atoms. The molecule has 0 fully saturated rings. The highest BCUT2D eigenvalue weighted by molar-refractivity contribution is 9.10. The number of nitrogens with zero attached hydrogens (tertiary/aromatic N) is 1. The van der Waals surface area contributed by atoms with Crippen molar-refractivity contribution >= 4 is 50.5 Å². The van der Waals surface area contributed by atoms with Gasteiger partial charge >= 0.3 is 0 Å². The van der Waals surface area contributed by atoms with E-state index in [1.165, 1.54) is 12.1 Å². The second kappa shape index (κ2) is 8.54. The molecule has 25 heavy (non-hydrogen) atoms. The third kappa shape index (κ3) is 5.80. The average Bonchev–Trinajstić information content (AvgIpc) is 2.56. The number of anilines is 1. The van der Waals surface area contributed by atoms with E-state index < -0.39 is 10.8 Å². The van der Waals surface area contributed by atoms with E-state index in [2.05, 4.69) is 26.6 Å². The molecule has 0 heterocycles. The number of aryl methyl sites for hydroxylation is 1. The number of halogens is 1. The van der Waals surface area contributed by atoms with Gasteiger partial charge in [-0.1, -0.05) is 22.0 Å². The summed E-state index contributed by atoms with van der Waals surface area (Å²) in [6.45, 7) is 1.56. The molecule has 0 aliphatic heterocycles. The minimum absolute atomic E-state index is 0.0352. The summed E-state index contributed by atoms with van der Waals surface area (Å²) in [7, 11) is 0. The molecule has 0 saturated heterocycles. The van der Waals surface area contributed by atoms with Crippen molar-refractivity contribution in [3.63, 3.8) is 0 Å². The van der Waals surface area contributed by atoms with Crippen LogP contribution in [-0.2, 0) is 4.79 Å². The molecule has 130 valence electrons. The Bertz CT molecular complexity index is 812. The molecule has 0 atom stereocenters. The highest BCUT2D eigenvalue weighted by Crippen LogP contribution is 2.21. The largest absolute Gasteiger partial charge is 0.484 e. The number of carbonyl (C=O) groups excluding carboxylic acids is 1. The Morgan fingerprint density at radius 1 is 1.28 bits per heavy atom. The Hall–Kier alpha value is -2.52. The van der Waals surface area contributed by atoms with E-state index in [1.807, 2.05) is 0 Å². The Morgan fingerprint density at radius 2 is 1.96 bits per heavy atom. The molecule has 0 spiro atoms. The molecule has 0 aliphatic rings. The minimum atomic E-state index is -0.502. The molecule has 2 N–H and O–H groups in total. The molecule has 2 aromatic rings. The summed E-state index contributed by atoms with van der Waals surface area (Å²) in [6, 6.07) is 11.4. The zero-order valence-corrected chi connectivity index (χ0v) is 15.5. The first-order valence-electron chi connectivity index (χ1n) is 7.09. The predicted molar refractivity (Wildman–Crippen MR) is 102 cm³/mol. The quantitative estimate of drug-likeness (QED) is 0.433. The number of nitrogens with one attached hydrogen (secondary N) is 2. The Balaban J connectivity index is 1.89. The summed E-state index contributed by atoms with van der Waals surface area (Å²) < 4.78 is 6.24. The fraction of sp³-hybridized carbons (Fsp3) is 0.125. The first-order valence-corrected chi connectivity index (χ1v) is 8.29. The van der Waals surface area contributed by atoms with E-state index >= 15 is 0 Å². The van der Waals surface area contributed by atoms with Crippen molar-refractivity contribution in [3.05, 3.63) is 62.6 Å². The maximum absolute atomic E-state index is 11.9. The number of amides is 1. The van der Waals surface area contributed by atoms with Gasteiger partial charge in [0.1, 0.15) is 5.75 Å². The molecular weight excluding hydrogens is 410 g/mol. The van der Waals surface area contributed by atoms with Gasteiger partial charge in [-0.05, 0) is 49.0 Å². The minimum Gasteiger partial charge on any atom is -0.484 e. The number of nitro benzene ring substituents is 1. The predicted octanol–water partition coefficient (Wildman–Crippen LogP) is 3.56. The van der Waals surface area contributed by atoms with Crippen molar-refractivity contribution < 1.29 is 14.5 Å². The summed E-state index contributed by atoms with van der Waals surface area (Å²) >= 11 is 8.36. The molecule has 2 aromatic carbocycles. The molecule has 0 aliphatic carbocycles. The third-order valence-electron chi connectivity index (χ3n) is 3.12. The van der Waals surface area contributed by atoms with Crippen molar-refractivity contribution in [2.75, 3.05) is 11.9 Å². The number of thiocarbonyl (C=S) groups is 1. The summed E-state index contributed by atoms with van der Waals surface area (Å²) in [4.78, 5) is 22.2. The van der Waals surface area contributed by atoms with Gasteiger partial charge in [0, 0.05) is 22.3 Å². The van der Waals surface area contributed by atoms with E-state index in [0.717, 1.165) is 10.0 Å². The van der Waals surface area contributed by atoms with Crippen LogP contribution in [0.2, 0.25) is 0 Å². The number of benzene rings is 2. The normalized spacial score (nSPS) is 10.0. The monoisotopic (exact) mass is 423 g/mol. The van der Waals surface area contributed by atoms with E-state index in [0.29, 0.717) is 11.4 Å². The van der Waals surface area contributed by atoms with Gasteiger partial charge in [-0.2, -0.15) is 0 Å². The maximum atomic E-state index is 11.9. The Labute approximate surface area is 157 Å². The molecule has 0 saturated carbocycles. The number of hydrogen-bond acceptors (Lipinski definition) is 5. The fourth-order valence-corrected chi connectivity index (χ4v) is 2.34. The highest BCUT2D eigenvalue weighted by atomic mass is 79.9. The number of hydrogen-bond donors (Lipinski definition) is 2. The van der Waals surface area contributed by atoms with Crippen LogP contribution in [0.15, 0.2) is 46.9 Å². The molecule has 7 nitrogen and oxygen atoms in total. The van der Waals surface area contributed by atoms with E-state index in [9.17, 15) is 14.9 Å². The van der Waals surface area contributed by atoms with Crippen molar-refractivity contribution in [3.8, 4) is 5.75 Å². The van der Waals surface area contributed by atoms with E-state index in [4.69, 9.17) is 17.0 Å². The van der Waals surface area contributed by atoms with Crippen molar-refractivity contribution in [1.82, 2.24) is 5.32 Å². The number of non-ortho nitro benzene ring substituents is 1. The van der Waals surface area contributed by atoms with Gasteiger partial charge in [0.15, 0.2) is 11.7 Å². The lowest BCUT2D eigenvalue weighted by Crippen LogP contribution is -2.37. The second-order valence-electron chi connectivity index (χ2n) is 5.00. The molecule has 9 heteroatoms. The zero-order chi connectivity index (χ0) is 18.4. The first-order chi connectivity index (χ1) is 11.8. The average molecular weight is 424 g/mol. The van der Waals surface area contributed by atoms with Crippen LogP contribution in [-0.4, -0.2) is 22.5 Å². The maximum Gasteiger partial charge on any atom is 0.271 e. The Kier molecular flexibility index (Phi) is 6.43. The van der Waals surface area contributed by atoms with Gasteiger partial charge < -0.3 is 10.1 Å². The molecule has 2 rings (SSSR count). The van der Waals surface area contributed by atoms with Crippen LogP contribution in [0.4, 0.5) is 11.4 Å². The number of carbonyl (C=O) groups is 1. The zero-order valence-electron chi connectivity index (χ0n) is 13.1. The van der Waals surface area contributed by atoms with Crippen molar-refractivity contribution in [2.24, 2.45) is 0 Å². The van der Waals surface area contributed by atoms with Crippen molar-refractivity contribution in [2.45, 2.75) is 6.92 Å². The van der Waals surface area contributed by atoms with Crippen molar-refractivity contribution in [1.29, 1.82) is 0 Å². The summed E-state index contributed by atoms with van der Waals surface area (Å²) in [5.41, 5.74) is 1.14. The van der Waals surface area contributed by atoms with Gasteiger partial charge in [0.05, 0.1) is 4.92 Å². The van der Waals surface area contributed by atoms with E-state index in [1.54, 1.807) is 37.3 Å². The van der Waals surface area contributed by atoms with Gasteiger partial charge in [-0.15, -0.1) is 0 Å².